The number of rotatable bonds is 8. The normalized spacial score (nSPS) is 10.9. The second-order valence-electron chi connectivity index (χ2n) is 3.92. The van der Waals surface area contributed by atoms with Gasteiger partial charge in [0.2, 0.25) is 0 Å². The van der Waals surface area contributed by atoms with E-state index in [1.807, 2.05) is 39.0 Å². The molecule has 0 saturated carbocycles. The molecule has 0 radical (unpaired) electrons. The standard InChI is InChI=1S/C14H22O4/c1-4-16-14(17-5-2)10-18-13-7-6-11(3)8-12(13)9-15/h6-8,14-15H,4-5,9-10H2,1-3H3. The van der Waals surface area contributed by atoms with Gasteiger partial charge in [-0.25, -0.2) is 0 Å². The fourth-order valence-corrected chi connectivity index (χ4v) is 1.65. The Hall–Kier alpha value is -1.10. The number of hydrogen-bond acceptors (Lipinski definition) is 4. The van der Waals surface area contributed by atoms with Gasteiger partial charge >= 0.3 is 0 Å². The van der Waals surface area contributed by atoms with Crippen LogP contribution in [0.15, 0.2) is 18.2 Å². The molecular formula is C14H22O4. The molecule has 1 aromatic carbocycles. The summed E-state index contributed by atoms with van der Waals surface area (Å²) in [6.07, 6.45) is -0.368. The molecule has 0 aliphatic heterocycles. The lowest BCUT2D eigenvalue weighted by Crippen LogP contribution is -2.25. The smallest absolute Gasteiger partial charge is 0.191 e. The Labute approximate surface area is 108 Å². The SMILES string of the molecule is CCOC(COc1ccc(C)cc1CO)OCC. The Kier molecular flexibility index (Phi) is 6.72. The molecule has 0 atom stereocenters. The summed E-state index contributed by atoms with van der Waals surface area (Å²) in [6, 6.07) is 5.71. The summed E-state index contributed by atoms with van der Waals surface area (Å²) in [5.74, 6) is 0.674. The van der Waals surface area contributed by atoms with Gasteiger partial charge in [0.15, 0.2) is 6.29 Å². The molecule has 0 aliphatic carbocycles. The molecule has 0 aliphatic rings. The average Bonchev–Trinajstić information content (AvgIpc) is 2.37. The maximum Gasteiger partial charge on any atom is 0.191 e. The van der Waals surface area contributed by atoms with E-state index in [2.05, 4.69) is 0 Å². The maximum atomic E-state index is 9.27. The van der Waals surface area contributed by atoms with Crippen LogP contribution in [0.25, 0.3) is 0 Å². The molecule has 18 heavy (non-hydrogen) atoms. The minimum absolute atomic E-state index is 0.0368. The van der Waals surface area contributed by atoms with Crippen LogP contribution in [0.1, 0.15) is 25.0 Å². The topological polar surface area (TPSA) is 47.9 Å². The molecule has 0 saturated heterocycles. The van der Waals surface area contributed by atoms with E-state index in [0.29, 0.717) is 25.6 Å². The van der Waals surface area contributed by atoms with Crippen molar-refractivity contribution < 1.29 is 19.3 Å². The van der Waals surface area contributed by atoms with E-state index in [0.717, 1.165) is 11.1 Å². The first-order valence-corrected chi connectivity index (χ1v) is 6.27. The van der Waals surface area contributed by atoms with E-state index in [1.165, 1.54) is 0 Å². The molecular weight excluding hydrogens is 232 g/mol. The van der Waals surface area contributed by atoms with Crippen LogP contribution >= 0.6 is 0 Å². The highest BCUT2D eigenvalue weighted by Gasteiger charge is 2.10. The van der Waals surface area contributed by atoms with Crippen molar-refractivity contribution in [2.45, 2.75) is 33.7 Å². The van der Waals surface area contributed by atoms with Crippen LogP contribution in [0.5, 0.6) is 5.75 Å². The van der Waals surface area contributed by atoms with E-state index in [9.17, 15) is 5.11 Å². The van der Waals surface area contributed by atoms with Gasteiger partial charge in [0.1, 0.15) is 12.4 Å². The predicted octanol–water partition coefficient (Wildman–Crippen LogP) is 2.27. The van der Waals surface area contributed by atoms with Gasteiger partial charge in [-0.2, -0.15) is 0 Å². The van der Waals surface area contributed by atoms with Crippen molar-refractivity contribution in [3.05, 3.63) is 29.3 Å². The minimum Gasteiger partial charge on any atom is -0.488 e. The van der Waals surface area contributed by atoms with Crippen LogP contribution in [0.2, 0.25) is 0 Å². The van der Waals surface area contributed by atoms with E-state index in [4.69, 9.17) is 14.2 Å². The number of aliphatic hydroxyl groups excluding tert-OH is 1. The number of benzene rings is 1. The Bertz CT molecular complexity index is 346. The highest BCUT2D eigenvalue weighted by atomic mass is 16.7. The van der Waals surface area contributed by atoms with Gasteiger partial charge < -0.3 is 19.3 Å². The van der Waals surface area contributed by atoms with Crippen molar-refractivity contribution >= 4 is 0 Å². The average molecular weight is 254 g/mol. The lowest BCUT2D eigenvalue weighted by atomic mass is 10.1. The zero-order valence-electron chi connectivity index (χ0n) is 11.3. The summed E-state index contributed by atoms with van der Waals surface area (Å²) in [5, 5.41) is 9.27. The molecule has 1 rings (SSSR count). The van der Waals surface area contributed by atoms with Gasteiger partial charge in [-0.05, 0) is 26.8 Å². The zero-order valence-corrected chi connectivity index (χ0v) is 11.3. The third-order valence-corrected chi connectivity index (χ3v) is 2.47. The van der Waals surface area contributed by atoms with Gasteiger partial charge in [0, 0.05) is 18.8 Å². The second kappa shape index (κ2) is 8.08. The van der Waals surface area contributed by atoms with Gasteiger partial charge in [-0.15, -0.1) is 0 Å². The van der Waals surface area contributed by atoms with Gasteiger partial charge in [0.05, 0.1) is 6.61 Å². The number of hydrogen-bond donors (Lipinski definition) is 1. The lowest BCUT2D eigenvalue weighted by Gasteiger charge is -2.18. The number of ether oxygens (including phenoxy) is 3. The second-order valence-corrected chi connectivity index (χ2v) is 3.92. The van der Waals surface area contributed by atoms with Crippen molar-refractivity contribution in [2.75, 3.05) is 19.8 Å². The van der Waals surface area contributed by atoms with Crippen molar-refractivity contribution in [2.24, 2.45) is 0 Å². The quantitative estimate of drug-likeness (QED) is 0.723. The molecule has 1 N–H and O–H groups in total. The van der Waals surface area contributed by atoms with Crippen LogP contribution in [0, 0.1) is 6.92 Å². The minimum atomic E-state index is -0.368. The summed E-state index contributed by atoms with van der Waals surface area (Å²) < 4.78 is 16.4. The first-order chi connectivity index (χ1) is 8.71. The van der Waals surface area contributed by atoms with Gasteiger partial charge in [-0.3, -0.25) is 0 Å². The molecule has 0 spiro atoms. The Morgan fingerprint density at radius 2 is 1.83 bits per heavy atom. The van der Waals surface area contributed by atoms with E-state index < -0.39 is 0 Å². The summed E-state index contributed by atoms with van der Waals surface area (Å²) in [7, 11) is 0. The van der Waals surface area contributed by atoms with E-state index in [-0.39, 0.29) is 12.9 Å². The summed E-state index contributed by atoms with van der Waals surface area (Å²) >= 11 is 0. The van der Waals surface area contributed by atoms with E-state index in [1.54, 1.807) is 0 Å². The lowest BCUT2D eigenvalue weighted by molar-refractivity contribution is -0.152. The van der Waals surface area contributed by atoms with Crippen LogP contribution in [-0.2, 0) is 16.1 Å². The molecule has 4 nitrogen and oxygen atoms in total. The van der Waals surface area contributed by atoms with Crippen LogP contribution in [0.3, 0.4) is 0 Å². The molecule has 0 unspecified atom stereocenters. The molecule has 0 heterocycles. The largest absolute Gasteiger partial charge is 0.488 e. The van der Waals surface area contributed by atoms with Crippen molar-refractivity contribution in [3.8, 4) is 5.75 Å². The third kappa shape index (κ3) is 4.64. The third-order valence-electron chi connectivity index (χ3n) is 2.47. The van der Waals surface area contributed by atoms with Crippen LogP contribution < -0.4 is 4.74 Å². The fourth-order valence-electron chi connectivity index (χ4n) is 1.65. The van der Waals surface area contributed by atoms with Crippen molar-refractivity contribution in [1.29, 1.82) is 0 Å². The van der Waals surface area contributed by atoms with Crippen LogP contribution in [0.4, 0.5) is 0 Å². The highest BCUT2D eigenvalue weighted by Crippen LogP contribution is 2.20. The molecule has 102 valence electrons. The van der Waals surface area contributed by atoms with Gasteiger partial charge in [0.25, 0.3) is 0 Å². The highest BCUT2D eigenvalue weighted by molar-refractivity contribution is 5.36. The fraction of sp³-hybridized carbons (Fsp3) is 0.571. The molecule has 0 amide bonds. The Morgan fingerprint density at radius 1 is 1.17 bits per heavy atom. The van der Waals surface area contributed by atoms with Crippen molar-refractivity contribution in [1.82, 2.24) is 0 Å². The van der Waals surface area contributed by atoms with Crippen molar-refractivity contribution in [3.63, 3.8) is 0 Å². The molecule has 1 aromatic rings. The summed E-state index contributed by atoms with van der Waals surface area (Å²) in [4.78, 5) is 0. The maximum absolute atomic E-state index is 9.27. The number of aryl methyl sites for hydroxylation is 1. The predicted molar refractivity (Wildman–Crippen MR) is 69.6 cm³/mol. The molecule has 0 aromatic heterocycles. The summed E-state index contributed by atoms with van der Waals surface area (Å²) in [5.41, 5.74) is 1.87. The zero-order chi connectivity index (χ0) is 13.4. The Balaban J connectivity index is 2.60. The Morgan fingerprint density at radius 3 is 2.39 bits per heavy atom. The number of aliphatic hydroxyl groups is 1. The first kappa shape index (κ1) is 15.0. The molecule has 0 fully saturated rings. The van der Waals surface area contributed by atoms with Gasteiger partial charge in [-0.1, -0.05) is 17.7 Å². The van der Waals surface area contributed by atoms with Crippen LogP contribution in [-0.4, -0.2) is 31.2 Å². The van der Waals surface area contributed by atoms with E-state index >= 15 is 0 Å². The summed E-state index contributed by atoms with van der Waals surface area (Å²) in [6.45, 7) is 7.24. The molecule has 0 bridgehead atoms. The first-order valence-electron chi connectivity index (χ1n) is 6.27. The molecule has 4 heteroatoms. The monoisotopic (exact) mass is 254 g/mol.